The average molecular weight is 451 g/mol. The van der Waals surface area contributed by atoms with E-state index in [0.717, 1.165) is 41.8 Å². The lowest BCUT2D eigenvalue weighted by Crippen LogP contribution is -2.20. The number of hydrogen-bond donors (Lipinski definition) is 1. The highest BCUT2D eigenvalue weighted by Gasteiger charge is 2.28. The van der Waals surface area contributed by atoms with Crippen LogP contribution in [0, 0.1) is 5.41 Å². The number of hydrogen-bond acceptors (Lipinski definition) is 7. The van der Waals surface area contributed by atoms with Crippen LogP contribution in [0.3, 0.4) is 0 Å². The molecule has 0 N–H and O–H groups in total. The second kappa shape index (κ2) is 8.50. The summed E-state index contributed by atoms with van der Waals surface area (Å²) >= 11 is 4.42. The van der Waals surface area contributed by atoms with Crippen LogP contribution in [0.25, 0.3) is 22.3 Å². The van der Waals surface area contributed by atoms with E-state index < -0.39 is 11.4 Å². The van der Waals surface area contributed by atoms with Crippen molar-refractivity contribution in [2.75, 3.05) is 6.61 Å². The van der Waals surface area contributed by atoms with Crippen molar-refractivity contribution < 1.29 is 14.3 Å². The summed E-state index contributed by atoms with van der Waals surface area (Å²) in [5, 5.41) is 0. The van der Waals surface area contributed by atoms with Crippen molar-refractivity contribution in [3.8, 4) is 0 Å². The van der Waals surface area contributed by atoms with Gasteiger partial charge in [-0.3, -0.25) is 8.77 Å². The topological polar surface area (TPSA) is 87.0 Å². The fraction of sp³-hybridized carbons (Fsp3) is 0.375. The summed E-state index contributed by atoms with van der Waals surface area (Å²) in [7, 11) is 0. The number of ether oxygens (including phenoxy) is 1. The number of ketones is 1. The Morgan fingerprint density at radius 1 is 1.12 bits per heavy atom. The van der Waals surface area contributed by atoms with Crippen molar-refractivity contribution in [1.29, 1.82) is 0 Å². The largest absolute Gasteiger partial charge is 0.461 e. The van der Waals surface area contributed by atoms with E-state index in [1.807, 2.05) is 32.9 Å². The minimum absolute atomic E-state index is 0.00817. The van der Waals surface area contributed by atoms with Gasteiger partial charge in [0.1, 0.15) is 11.2 Å². The molecule has 0 aromatic carbocycles. The Morgan fingerprint density at radius 2 is 1.84 bits per heavy atom. The molecule has 3 aromatic rings. The number of carbonyl (C=O) groups excluding carboxylic acids is 2. The van der Waals surface area contributed by atoms with E-state index in [-0.39, 0.29) is 11.5 Å². The summed E-state index contributed by atoms with van der Waals surface area (Å²) in [5.41, 5.74) is 4.88. The summed E-state index contributed by atoms with van der Waals surface area (Å²) in [5.74, 6) is -0.442. The van der Waals surface area contributed by atoms with Crippen LogP contribution in [-0.4, -0.2) is 37.3 Å². The zero-order valence-corrected chi connectivity index (χ0v) is 19.6. The molecular formula is C24H26N4O3S. The van der Waals surface area contributed by atoms with Crippen molar-refractivity contribution in [2.45, 2.75) is 47.0 Å². The molecule has 7 nitrogen and oxygen atoms in total. The molecule has 0 amide bonds. The second-order valence-electron chi connectivity index (χ2n) is 8.83. The van der Waals surface area contributed by atoms with Crippen molar-refractivity contribution in [1.82, 2.24) is 18.9 Å². The van der Waals surface area contributed by atoms with Gasteiger partial charge in [0.2, 0.25) is 0 Å². The zero-order chi connectivity index (χ0) is 23.0. The SMILES string of the molecule is CCOC(=O)c1cccc(C2=C(c3cnc4c(n3)c(C(=O)C(C)(C)C)cn4S)CCC2)n1. The van der Waals surface area contributed by atoms with Gasteiger partial charge in [-0.2, -0.15) is 0 Å². The van der Waals surface area contributed by atoms with E-state index in [4.69, 9.17) is 9.72 Å². The number of Topliss-reactive ketones (excluding diaryl/α,β-unsaturated/α-hetero) is 1. The van der Waals surface area contributed by atoms with Gasteiger partial charge in [-0.15, -0.1) is 0 Å². The Balaban J connectivity index is 1.81. The predicted molar refractivity (Wildman–Crippen MR) is 127 cm³/mol. The Bertz CT molecular complexity index is 1250. The van der Waals surface area contributed by atoms with Crippen molar-refractivity contribution >= 4 is 46.9 Å². The minimum Gasteiger partial charge on any atom is -0.461 e. The monoisotopic (exact) mass is 450 g/mol. The number of fused-ring (bicyclic) bond motifs is 1. The van der Waals surface area contributed by atoms with Gasteiger partial charge in [0.25, 0.3) is 0 Å². The number of carbonyl (C=O) groups is 2. The third-order valence-corrected chi connectivity index (χ3v) is 5.78. The molecule has 1 aliphatic rings. The fourth-order valence-electron chi connectivity index (χ4n) is 3.92. The van der Waals surface area contributed by atoms with Crippen LogP contribution in [0.15, 0.2) is 30.6 Å². The lowest BCUT2D eigenvalue weighted by Gasteiger charge is -2.15. The molecule has 0 bridgehead atoms. The third kappa shape index (κ3) is 4.07. The molecule has 0 saturated heterocycles. The van der Waals surface area contributed by atoms with Gasteiger partial charge < -0.3 is 4.74 Å². The maximum absolute atomic E-state index is 13.0. The van der Waals surface area contributed by atoms with E-state index in [0.29, 0.717) is 23.3 Å². The first-order valence-electron chi connectivity index (χ1n) is 10.7. The number of rotatable bonds is 5. The van der Waals surface area contributed by atoms with Gasteiger partial charge >= 0.3 is 5.97 Å². The summed E-state index contributed by atoms with van der Waals surface area (Å²) in [6.07, 6.45) is 6.01. The summed E-state index contributed by atoms with van der Waals surface area (Å²) in [6.45, 7) is 7.72. The van der Waals surface area contributed by atoms with E-state index in [1.54, 1.807) is 29.4 Å². The van der Waals surface area contributed by atoms with Gasteiger partial charge in [-0.05, 0) is 49.5 Å². The zero-order valence-electron chi connectivity index (χ0n) is 18.7. The minimum atomic E-state index is -0.547. The van der Waals surface area contributed by atoms with E-state index in [9.17, 15) is 9.59 Å². The van der Waals surface area contributed by atoms with Gasteiger partial charge in [0, 0.05) is 11.6 Å². The number of aromatic nitrogens is 4. The number of allylic oxidation sites excluding steroid dienone is 2. The summed E-state index contributed by atoms with van der Waals surface area (Å²) in [4.78, 5) is 39.1. The Morgan fingerprint density at radius 3 is 2.53 bits per heavy atom. The lowest BCUT2D eigenvalue weighted by atomic mass is 9.87. The molecule has 166 valence electrons. The molecule has 4 rings (SSSR count). The smallest absolute Gasteiger partial charge is 0.356 e. The quantitative estimate of drug-likeness (QED) is 0.334. The molecule has 0 spiro atoms. The molecule has 1 aliphatic carbocycles. The van der Waals surface area contributed by atoms with Crippen LogP contribution in [0.5, 0.6) is 0 Å². The van der Waals surface area contributed by atoms with Crippen LogP contribution < -0.4 is 0 Å². The molecule has 8 heteroatoms. The van der Waals surface area contributed by atoms with E-state index in [2.05, 4.69) is 22.8 Å². The molecule has 0 atom stereocenters. The van der Waals surface area contributed by atoms with Gasteiger partial charge in [0.15, 0.2) is 11.4 Å². The molecule has 0 radical (unpaired) electrons. The molecular weight excluding hydrogens is 424 g/mol. The van der Waals surface area contributed by atoms with Crippen LogP contribution in [0.4, 0.5) is 0 Å². The maximum atomic E-state index is 13.0. The van der Waals surface area contributed by atoms with E-state index in [1.165, 1.54) is 0 Å². The van der Waals surface area contributed by atoms with Crippen LogP contribution in [-0.2, 0) is 4.74 Å². The first-order valence-corrected chi connectivity index (χ1v) is 11.1. The fourth-order valence-corrected chi connectivity index (χ4v) is 4.18. The number of pyridine rings is 1. The normalized spacial score (nSPS) is 14.3. The highest BCUT2D eigenvalue weighted by atomic mass is 32.1. The second-order valence-corrected chi connectivity index (χ2v) is 9.26. The Kier molecular flexibility index (Phi) is 5.90. The molecule has 0 fully saturated rings. The maximum Gasteiger partial charge on any atom is 0.356 e. The summed E-state index contributed by atoms with van der Waals surface area (Å²) < 4.78 is 6.63. The van der Waals surface area contributed by atoms with Gasteiger partial charge in [-0.1, -0.05) is 39.7 Å². The van der Waals surface area contributed by atoms with Crippen LogP contribution in [0.1, 0.15) is 79.2 Å². The number of esters is 1. The third-order valence-electron chi connectivity index (χ3n) is 5.47. The Hall–Kier alpha value is -3.00. The number of thiol groups is 1. The molecule has 0 aliphatic heterocycles. The van der Waals surface area contributed by atoms with Crippen molar-refractivity contribution in [2.24, 2.45) is 5.41 Å². The summed E-state index contributed by atoms with van der Waals surface area (Å²) in [6, 6.07) is 5.37. The molecule has 3 heterocycles. The van der Waals surface area contributed by atoms with Crippen molar-refractivity contribution in [3.05, 3.63) is 53.2 Å². The van der Waals surface area contributed by atoms with Gasteiger partial charge in [0.05, 0.1) is 29.8 Å². The highest BCUT2D eigenvalue weighted by molar-refractivity contribution is 7.78. The first-order chi connectivity index (χ1) is 15.2. The van der Waals surface area contributed by atoms with Crippen molar-refractivity contribution in [3.63, 3.8) is 0 Å². The predicted octanol–water partition coefficient (Wildman–Crippen LogP) is 5.02. The van der Waals surface area contributed by atoms with Crippen LogP contribution in [0.2, 0.25) is 0 Å². The van der Waals surface area contributed by atoms with Gasteiger partial charge in [-0.25, -0.2) is 19.7 Å². The first kappa shape index (κ1) is 22.2. The lowest BCUT2D eigenvalue weighted by molar-refractivity contribution is 0.0519. The molecule has 0 unspecified atom stereocenters. The van der Waals surface area contributed by atoms with E-state index >= 15 is 0 Å². The molecule has 0 saturated carbocycles. The number of nitrogens with zero attached hydrogens (tertiary/aromatic N) is 4. The standard InChI is InChI=1S/C24H26N4O3S/c1-5-31-23(30)18-11-7-10-17(26-18)14-8-6-9-15(14)19-12-25-22-20(27-19)16(13-28(22)32)21(29)24(2,3)4/h7,10-13,32H,5-6,8-9H2,1-4H3. The molecule has 32 heavy (non-hydrogen) atoms. The van der Waals surface area contributed by atoms with Crippen LogP contribution >= 0.6 is 12.8 Å². The average Bonchev–Trinajstić information content (AvgIpc) is 3.37. The Labute approximate surface area is 192 Å². The molecule has 3 aromatic heterocycles. The highest BCUT2D eigenvalue weighted by Crippen LogP contribution is 2.39.